The molecule has 1 aromatic carbocycles. The van der Waals surface area contributed by atoms with E-state index >= 15 is 0 Å². The lowest BCUT2D eigenvalue weighted by atomic mass is 10.2. The number of hydrogen-bond acceptors (Lipinski definition) is 6. The first-order chi connectivity index (χ1) is 8.02. The van der Waals surface area contributed by atoms with Gasteiger partial charge in [-0.2, -0.15) is 0 Å². The third kappa shape index (κ3) is 2.12. The van der Waals surface area contributed by atoms with Crippen molar-refractivity contribution in [1.82, 2.24) is 0 Å². The molecule has 0 bridgehead atoms. The highest BCUT2D eigenvalue weighted by molar-refractivity contribution is 5.92. The zero-order valence-corrected chi connectivity index (χ0v) is 8.06. The Kier molecular flexibility index (Phi) is 3.26. The van der Waals surface area contributed by atoms with Crippen LogP contribution in [0.25, 0.3) is 10.6 Å². The summed E-state index contributed by atoms with van der Waals surface area (Å²) in [6.07, 6.45) is 0. The van der Waals surface area contributed by atoms with E-state index in [0.29, 0.717) is 6.07 Å². The summed E-state index contributed by atoms with van der Waals surface area (Å²) in [4.78, 5) is 33.5. The van der Waals surface area contributed by atoms with Crippen LogP contribution in [-0.2, 0) is 0 Å². The maximum Gasteiger partial charge on any atom is 0.339 e. The molecule has 0 aromatic heterocycles. The average molecular weight is 233 g/mol. The van der Waals surface area contributed by atoms with Crippen LogP contribution < -0.4 is 27.3 Å². The van der Waals surface area contributed by atoms with Crippen molar-refractivity contribution in [2.45, 2.75) is 0 Å². The highest BCUT2D eigenvalue weighted by Gasteiger charge is 2.12. The maximum absolute atomic E-state index is 11.3. The predicted molar refractivity (Wildman–Crippen MR) is 51.9 cm³/mol. The quantitative estimate of drug-likeness (QED) is 0.267. The first-order valence-corrected chi connectivity index (χ1v) is 3.98. The number of amides is 1. The van der Waals surface area contributed by atoms with Crippen molar-refractivity contribution in [1.29, 1.82) is 5.39 Å². The second kappa shape index (κ2) is 4.62. The third-order valence-corrected chi connectivity index (χ3v) is 1.75. The average Bonchev–Trinajstić information content (AvgIpc) is 2.28. The van der Waals surface area contributed by atoms with Gasteiger partial charge in [0, 0.05) is 6.07 Å². The highest BCUT2D eigenvalue weighted by atomic mass is 16.2. The van der Waals surface area contributed by atoms with Crippen LogP contribution in [-0.4, -0.2) is 5.91 Å². The molecule has 0 radical (unpaired) electrons. The minimum atomic E-state index is -1.17. The van der Waals surface area contributed by atoms with Gasteiger partial charge in [0.05, 0.1) is 10.9 Å². The van der Waals surface area contributed by atoms with E-state index in [9.17, 15) is 14.4 Å². The van der Waals surface area contributed by atoms with Gasteiger partial charge in [-0.15, -0.1) is 0 Å². The number of nitrogens with zero attached hydrogens (tertiary/aromatic N) is 6. The molecule has 10 heteroatoms. The molecule has 1 amide bonds. The zero-order chi connectivity index (χ0) is 13.0. The van der Waals surface area contributed by atoms with E-state index in [-0.39, 0.29) is 0 Å². The lowest BCUT2D eigenvalue weighted by Crippen LogP contribution is -2.50. The number of rotatable bonds is 2. The summed E-state index contributed by atoms with van der Waals surface area (Å²) in [6.45, 7) is 0. The normalized spacial score (nSPS) is 12.2. The molecular formula is C7H3N7O3. The molecule has 0 saturated heterocycles. The third-order valence-electron chi connectivity index (χ3n) is 1.75. The molecule has 0 heterocycles. The topological polar surface area (TPSA) is 165 Å². The fraction of sp³-hybridized carbons (Fsp3) is 0. The van der Waals surface area contributed by atoms with Crippen LogP contribution in [0.4, 0.5) is 0 Å². The molecule has 0 unspecified atom stereocenters. The number of hydrogen-bond donors (Lipinski definition) is 1. The maximum atomic E-state index is 11.3. The Morgan fingerprint density at radius 1 is 1.41 bits per heavy atom. The molecule has 0 saturated carbocycles. The molecule has 0 fully saturated rings. The summed E-state index contributed by atoms with van der Waals surface area (Å²) < 4.78 is 0. The SMILES string of the molecule is N#[N+]N=c1c(C(N)=O)cc(=O)c(=O)c1=NN=[N-]. The lowest BCUT2D eigenvalue weighted by Gasteiger charge is -1.93. The van der Waals surface area contributed by atoms with Gasteiger partial charge in [-0.05, 0) is 0 Å². The number of benzene rings is 1. The van der Waals surface area contributed by atoms with Crippen molar-refractivity contribution in [3.05, 3.63) is 53.4 Å². The lowest BCUT2D eigenvalue weighted by molar-refractivity contribution is 0.0998. The van der Waals surface area contributed by atoms with Crippen molar-refractivity contribution in [2.75, 3.05) is 0 Å². The largest absolute Gasteiger partial charge is 0.366 e. The van der Waals surface area contributed by atoms with Gasteiger partial charge in [-0.1, -0.05) is 0 Å². The molecule has 17 heavy (non-hydrogen) atoms. The Labute approximate surface area is 91.5 Å². The van der Waals surface area contributed by atoms with E-state index < -0.39 is 33.0 Å². The predicted octanol–water partition coefficient (Wildman–Crippen LogP) is -2.11. The fourth-order valence-electron chi connectivity index (χ4n) is 1.09. The van der Waals surface area contributed by atoms with Gasteiger partial charge in [0.25, 0.3) is 11.3 Å². The van der Waals surface area contributed by atoms with Gasteiger partial charge in [-0.25, -0.2) is 0 Å². The van der Waals surface area contributed by atoms with E-state index in [0.717, 1.165) is 0 Å². The van der Waals surface area contributed by atoms with E-state index in [4.69, 9.17) is 16.7 Å². The van der Waals surface area contributed by atoms with Gasteiger partial charge in [-0.3, -0.25) is 19.6 Å². The van der Waals surface area contributed by atoms with Crippen LogP contribution in [0.5, 0.6) is 0 Å². The van der Waals surface area contributed by atoms with Crippen molar-refractivity contribution in [3.8, 4) is 0 Å². The van der Waals surface area contributed by atoms with E-state index in [1.807, 2.05) is 0 Å². The van der Waals surface area contributed by atoms with Crippen molar-refractivity contribution >= 4 is 5.91 Å². The second-order valence-corrected chi connectivity index (χ2v) is 2.69. The number of carbonyl (C=O) groups excluding carboxylic acids is 1. The first-order valence-electron chi connectivity index (χ1n) is 3.98. The van der Waals surface area contributed by atoms with Gasteiger partial charge in [0.2, 0.25) is 10.9 Å². The van der Waals surface area contributed by atoms with E-state index in [1.54, 1.807) is 0 Å². The smallest absolute Gasteiger partial charge is 0.339 e. The minimum Gasteiger partial charge on any atom is -0.366 e. The number of diazo groups is 1. The van der Waals surface area contributed by atoms with Gasteiger partial charge in [0.15, 0.2) is 10.5 Å². The molecule has 10 nitrogen and oxygen atoms in total. The standard InChI is InChI=1S/C7H3N7O3/c8-7(17)2-1-3(15)6(16)5(12-14-10)4(2)11-13-9/h1H,(H2,8,17). The van der Waals surface area contributed by atoms with Crippen LogP contribution in [0, 0.1) is 5.39 Å². The molecule has 84 valence electrons. The minimum absolute atomic E-state index is 0.477. The Bertz CT molecular complexity index is 748. The summed E-state index contributed by atoms with van der Waals surface area (Å²) in [5.74, 6) is -1.08. The van der Waals surface area contributed by atoms with Crippen LogP contribution in [0.15, 0.2) is 31.1 Å². The number of nitrogens with two attached hydrogens (primary N) is 1. The summed E-state index contributed by atoms with van der Waals surface area (Å²) in [7, 11) is 0. The summed E-state index contributed by atoms with van der Waals surface area (Å²) in [5.41, 5.74) is 10.4. The summed E-state index contributed by atoms with van der Waals surface area (Å²) in [6, 6.07) is 0.630. The highest BCUT2D eigenvalue weighted by Crippen LogP contribution is 1.80. The molecule has 1 rings (SSSR count). The second-order valence-electron chi connectivity index (χ2n) is 2.69. The van der Waals surface area contributed by atoms with Crippen molar-refractivity contribution in [2.24, 2.45) is 21.2 Å². The van der Waals surface area contributed by atoms with Gasteiger partial charge >= 0.3 is 5.08 Å². The van der Waals surface area contributed by atoms with Gasteiger partial charge < -0.3 is 16.4 Å². The van der Waals surface area contributed by atoms with Crippen LogP contribution >= 0.6 is 0 Å². The monoisotopic (exact) mass is 233 g/mol. The summed E-state index contributed by atoms with van der Waals surface area (Å²) in [5, 5.41) is 17.6. The first kappa shape index (κ1) is 12.0. The number of carbonyl (C=O) groups is 1. The molecule has 0 aliphatic carbocycles. The van der Waals surface area contributed by atoms with Crippen molar-refractivity contribution < 1.29 is 4.79 Å². The molecule has 1 aromatic rings. The fourth-order valence-corrected chi connectivity index (χ4v) is 1.09. The molecule has 0 spiro atoms. The molecule has 0 aliphatic rings. The molecule has 2 N–H and O–H groups in total. The van der Waals surface area contributed by atoms with E-state index in [2.05, 4.69) is 20.5 Å². The van der Waals surface area contributed by atoms with Crippen molar-refractivity contribution in [3.63, 3.8) is 0 Å². The Balaban J connectivity index is 4.16. The molecular weight excluding hydrogens is 230 g/mol. The molecule has 0 aliphatic heterocycles. The van der Waals surface area contributed by atoms with E-state index in [1.165, 1.54) is 0 Å². The Hall–Kier alpha value is -3.09. The van der Waals surface area contributed by atoms with Crippen LogP contribution in [0.1, 0.15) is 10.4 Å². The molecule has 0 atom stereocenters. The van der Waals surface area contributed by atoms with Crippen LogP contribution in [0.2, 0.25) is 0 Å². The van der Waals surface area contributed by atoms with Gasteiger partial charge in [0.1, 0.15) is 0 Å². The number of primary amides is 1. The van der Waals surface area contributed by atoms with Crippen LogP contribution in [0.3, 0.4) is 0 Å². The Morgan fingerprint density at radius 2 is 2.06 bits per heavy atom. The Morgan fingerprint density at radius 3 is 2.53 bits per heavy atom. The zero-order valence-electron chi connectivity index (χ0n) is 8.06. The summed E-state index contributed by atoms with van der Waals surface area (Å²) >= 11 is 0.